The van der Waals surface area contributed by atoms with E-state index in [9.17, 15) is 8.78 Å². The zero-order valence-corrected chi connectivity index (χ0v) is 11.4. The van der Waals surface area contributed by atoms with E-state index in [1.165, 1.54) is 4.90 Å². The van der Waals surface area contributed by atoms with Gasteiger partial charge in [0.2, 0.25) is 0 Å². The van der Waals surface area contributed by atoms with E-state index < -0.39 is 6.43 Å². The van der Waals surface area contributed by atoms with Crippen LogP contribution in [0.2, 0.25) is 0 Å². The highest BCUT2D eigenvalue weighted by Gasteiger charge is 2.19. The van der Waals surface area contributed by atoms with Crippen molar-refractivity contribution in [2.75, 3.05) is 18.5 Å². The zero-order valence-electron chi connectivity index (χ0n) is 11.4. The van der Waals surface area contributed by atoms with Gasteiger partial charge in [-0.2, -0.15) is 0 Å². The fraction of sp³-hybridized carbons (Fsp3) is 0.615. The van der Waals surface area contributed by atoms with Crippen molar-refractivity contribution in [3.63, 3.8) is 0 Å². The van der Waals surface area contributed by atoms with Crippen LogP contribution in [0.5, 0.6) is 0 Å². The van der Waals surface area contributed by atoms with E-state index in [1.54, 1.807) is 13.1 Å². The lowest BCUT2D eigenvalue weighted by atomic mass is 9.90. The molecule has 0 saturated heterocycles. The van der Waals surface area contributed by atoms with Gasteiger partial charge in [0.15, 0.2) is 0 Å². The summed E-state index contributed by atoms with van der Waals surface area (Å²) in [5.74, 6) is 0.545. The van der Waals surface area contributed by atoms with Crippen molar-refractivity contribution in [2.24, 2.45) is 5.73 Å². The summed E-state index contributed by atoms with van der Waals surface area (Å²) >= 11 is 0. The number of pyridine rings is 1. The number of hydrogen-bond acceptors (Lipinski definition) is 3. The Hall–Kier alpha value is -1.23. The molecule has 1 rings (SSSR count). The number of nitrogens with zero attached hydrogens (tertiary/aromatic N) is 2. The minimum Gasteiger partial charge on any atom is -0.354 e. The molecule has 0 fully saturated rings. The molecular weight excluding hydrogens is 236 g/mol. The Morgan fingerprint density at radius 1 is 1.33 bits per heavy atom. The highest BCUT2D eigenvalue weighted by atomic mass is 19.3. The topological polar surface area (TPSA) is 42.1 Å². The molecule has 2 N–H and O–H groups in total. The first-order chi connectivity index (χ1) is 8.24. The molecule has 102 valence electrons. The Labute approximate surface area is 107 Å². The third kappa shape index (κ3) is 3.91. The first kappa shape index (κ1) is 14.8. The van der Waals surface area contributed by atoms with Crippen molar-refractivity contribution >= 4 is 5.82 Å². The Kier molecular flexibility index (Phi) is 4.62. The third-order valence-corrected chi connectivity index (χ3v) is 2.68. The van der Waals surface area contributed by atoms with Crippen LogP contribution in [0.3, 0.4) is 0 Å². The first-order valence-corrected chi connectivity index (χ1v) is 5.95. The van der Waals surface area contributed by atoms with Gasteiger partial charge in [-0.25, -0.2) is 13.8 Å². The van der Waals surface area contributed by atoms with E-state index in [-0.39, 0.29) is 12.0 Å². The number of hydrogen-bond donors (Lipinski definition) is 1. The first-order valence-electron chi connectivity index (χ1n) is 5.95. The van der Waals surface area contributed by atoms with Crippen molar-refractivity contribution in [3.8, 4) is 0 Å². The highest BCUT2D eigenvalue weighted by molar-refractivity contribution is 5.43. The fourth-order valence-corrected chi connectivity index (χ4v) is 1.57. The summed E-state index contributed by atoms with van der Waals surface area (Å²) in [6.07, 6.45) is -2.38. The van der Waals surface area contributed by atoms with Crippen LogP contribution in [0.1, 0.15) is 32.0 Å². The zero-order chi connectivity index (χ0) is 13.9. The van der Waals surface area contributed by atoms with Gasteiger partial charge in [-0.1, -0.05) is 20.8 Å². The van der Waals surface area contributed by atoms with Crippen LogP contribution in [0.25, 0.3) is 0 Å². The van der Waals surface area contributed by atoms with Crippen LogP contribution in [-0.2, 0) is 12.0 Å². The quantitative estimate of drug-likeness (QED) is 0.901. The molecule has 1 aromatic rings. The molecule has 5 heteroatoms. The lowest BCUT2D eigenvalue weighted by Gasteiger charge is -2.23. The smallest absolute Gasteiger partial charge is 0.255 e. The molecule has 1 heterocycles. The molecule has 1 aromatic heterocycles. The molecule has 3 nitrogen and oxygen atoms in total. The van der Waals surface area contributed by atoms with Gasteiger partial charge in [0, 0.05) is 24.7 Å². The highest BCUT2D eigenvalue weighted by Crippen LogP contribution is 2.24. The normalized spacial score (nSPS) is 12.0. The summed E-state index contributed by atoms with van der Waals surface area (Å²) in [5.41, 5.74) is 7.28. The summed E-state index contributed by atoms with van der Waals surface area (Å²) in [6, 6.07) is 3.69. The Morgan fingerprint density at radius 2 is 1.94 bits per heavy atom. The van der Waals surface area contributed by atoms with Crippen LogP contribution >= 0.6 is 0 Å². The van der Waals surface area contributed by atoms with Crippen LogP contribution in [0.4, 0.5) is 14.6 Å². The number of nitrogens with two attached hydrogens (primary N) is 1. The standard InChI is InChI=1S/C13H21F2N3/c1-13(2,3)10-5-9(7-16)6-12(17-10)18(4)8-11(14)15/h5-6,11H,7-8,16H2,1-4H3. The number of aromatic nitrogens is 1. The monoisotopic (exact) mass is 257 g/mol. The summed E-state index contributed by atoms with van der Waals surface area (Å²) in [7, 11) is 1.61. The number of rotatable bonds is 4. The van der Waals surface area contributed by atoms with E-state index >= 15 is 0 Å². The van der Waals surface area contributed by atoms with Gasteiger partial charge >= 0.3 is 0 Å². The van der Waals surface area contributed by atoms with Gasteiger partial charge in [-0.05, 0) is 17.7 Å². The van der Waals surface area contributed by atoms with Crippen molar-refractivity contribution in [1.29, 1.82) is 0 Å². The molecule has 0 aromatic carbocycles. The molecule has 18 heavy (non-hydrogen) atoms. The molecule has 0 unspecified atom stereocenters. The average molecular weight is 257 g/mol. The molecule has 0 atom stereocenters. The van der Waals surface area contributed by atoms with Crippen LogP contribution in [0, 0.1) is 0 Å². The van der Waals surface area contributed by atoms with E-state index in [2.05, 4.69) is 4.98 Å². The van der Waals surface area contributed by atoms with Gasteiger partial charge < -0.3 is 10.6 Å². The minimum atomic E-state index is -2.38. The Balaban J connectivity index is 3.12. The van der Waals surface area contributed by atoms with Crippen molar-refractivity contribution in [3.05, 3.63) is 23.4 Å². The second kappa shape index (κ2) is 5.61. The van der Waals surface area contributed by atoms with E-state index in [0.29, 0.717) is 12.4 Å². The van der Waals surface area contributed by atoms with Crippen molar-refractivity contribution < 1.29 is 8.78 Å². The SMILES string of the molecule is CN(CC(F)F)c1cc(CN)cc(C(C)(C)C)n1. The van der Waals surface area contributed by atoms with Gasteiger partial charge in [-0.15, -0.1) is 0 Å². The molecule has 0 amide bonds. The van der Waals surface area contributed by atoms with Gasteiger partial charge in [0.05, 0.1) is 6.54 Å². The number of alkyl halides is 2. The second-order valence-corrected chi connectivity index (χ2v) is 5.44. The van der Waals surface area contributed by atoms with Crippen LogP contribution < -0.4 is 10.6 Å². The van der Waals surface area contributed by atoms with Crippen LogP contribution in [0.15, 0.2) is 12.1 Å². The van der Waals surface area contributed by atoms with Gasteiger partial charge in [0.1, 0.15) is 5.82 Å². The molecule has 0 bridgehead atoms. The lowest BCUT2D eigenvalue weighted by molar-refractivity contribution is 0.156. The van der Waals surface area contributed by atoms with Crippen molar-refractivity contribution in [1.82, 2.24) is 4.98 Å². The predicted molar refractivity (Wildman–Crippen MR) is 70.1 cm³/mol. The molecule has 0 aliphatic rings. The van der Waals surface area contributed by atoms with Gasteiger partial charge in [0.25, 0.3) is 6.43 Å². The third-order valence-electron chi connectivity index (χ3n) is 2.68. The summed E-state index contributed by atoms with van der Waals surface area (Å²) in [6.45, 7) is 6.15. The molecular formula is C13H21F2N3. The Bertz CT molecular complexity index is 400. The van der Waals surface area contributed by atoms with E-state index in [1.807, 2.05) is 26.8 Å². The summed E-state index contributed by atoms with van der Waals surface area (Å²) < 4.78 is 24.8. The van der Waals surface area contributed by atoms with Crippen molar-refractivity contribution in [2.45, 2.75) is 39.2 Å². The molecule has 0 aliphatic carbocycles. The molecule has 0 aliphatic heterocycles. The molecule has 0 radical (unpaired) electrons. The second-order valence-electron chi connectivity index (χ2n) is 5.44. The van der Waals surface area contributed by atoms with Crippen LogP contribution in [-0.4, -0.2) is 25.0 Å². The predicted octanol–water partition coefficient (Wildman–Crippen LogP) is 2.54. The summed E-state index contributed by atoms with van der Waals surface area (Å²) in [5, 5.41) is 0. The number of anilines is 1. The molecule has 0 spiro atoms. The van der Waals surface area contributed by atoms with E-state index in [0.717, 1.165) is 11.3 Å². The van der Waals surface area contributed by atoms with E-state index in [4.69, 9.17) is 5.73 Å². The maximum absolute atomic E-state index is 12.4. The maximum atomic E-state index is 12.4. The average Bonchev–Trinajstić information content (AvgIpc) is 2.26. The van der Waals surface area contributed by atoms with Gasteiger partial charge in [-0.3, -0.25) is 0 Å². The Morgan fingerprint density at radius 3 is 2.39 bits per heavy atom. The maximum Gasteiger partial charge on any atom is 0.255 e. The lowest BCUT2D eigenvalue weighted by Crippen LogP contribution is -2.26. The number of halogens is 2. The largest absolute Gasteiger partial charge is 0.354 e. The minimum absolute atomic E-state index is 0.133. The summed E-state index contributed by atoms with van der Waals surface area (Å²) in [4.78, 5) is 5.90. The molecule has 0 saturated carbocycles. The fourth-order valence-electron chi connectivity index (χ4n) is 1.57.